The van der Waals surface area contributed by atoms with Gasteiger partial charge in [-0.2, -0.15) is 0 Å². The number of anilines is 1. The van der Waals surface area contributed by atoms with Crippen LogP contribution in [-0.2, 0) is 0 Å². The Morgan fingerprint density at radius 3 is 2.56 bits per heavy atom. The molecular formula is C15H18N2O. The van der Waals surface area contributed by atoms with E-state index in [0.717, 1.165) is 12.2 Å². The Bertz CT molecular complexity index is 468. The van der Waals surface area contributed by atoms with E-state index in [4.69, 9.17) is 4.74 Å². The van der Waals surface area contributed by atoms with E-state index < -0.39 is 0 Å². The molecule has 0 spiro atoms. The van der Waals surface area contributed by atoms with Crippen molar-refractivity contribution in [1.82, 2.24) is 4.98 Å². The average molecular weight is 242 g/mol. The summed E-state index contributed by atoms with van der Waals surface area (Å²) in [6.45, 7) is 3.09. The highest BCUT2D eigenvalue weighted by atomic mass is 16.5. The van der Waals surface area contributed by atoms with E-state index in [1.807, 2.05) is 18.2 Å². The van der Waals surface area contributed by atoms with Crippen molar-refractivity contribution in [2.45, 2.75) is 12.8 Å². The minimum Gasteiger partial charge on any atom is -0.481 e. The van der Waals surface area contributed by atoms with Crippen molar-refractivity contribution in [3.63, 3.8) is 0 Å². The summed E-state index contributed by atoms with van der Waals surface area (Å²) in [6, 6.07) is 14.3. The highest BCUT2D eigenvalue weighted by Crippen LogP contribution is 2.16. The van der Waals surface area contributed by atoms with Gasteiger partial charge in [0.1, 0.15) is 0 Å². The maximum Gasteiger partial charge on any atom is 0.213 e. The van der Waals surface area contributed by atoms with Gasteiger partial charge in [0, 0.05) is 12.6 Å². The van der Waals surface area contributed by atoms with Gasteiger partial charge in [0.25, 0.3) is 0 Å². The molecule has 1 atom stereocenters. The summed E-state index contributed by atoms with van der Waals surface area (Å²) < 4.78 is 5.03. The molecule has 0 amide bonds. The normalized spacial score (nSPS) is 11.9. The molecule has 94 valence electrons. The first-order chi connectivity index (χ1) is 8.79. The maximum absolute atomic E-state index is 5.03. The summed E-state index contributed by atoms with van der Waals surface area (Å²) in [7, 11) is 1.62. The number of pyridine rings is 1. The van der Waals surface area contributed by atoms with Gasteiger partial charge >= 0.3 is 0 Å². The van der Waals surface area contributed by atoms with Gasteiger partial charge in [-0.15, -0.1) is 0 Å². The minimum absolute atomic E-state index is 0.466. The second-order valence-electron chi connectivity index (χ2n) is 4.28. The number of nitrogens with one attached hydrogen (secondary N) is 1. The Morgan fingerprint density at radius 1 is 1.17 bits per heavy atom. The summed E-state index contributed by atoms with van der Waals surface area (Å²) >= 11 is 0. The largest absolute Gasteiger partial charge is 0.481 e. The van der Waals surface area contributed by atoms with Crippen molar-refractivity contribution in [3.05, 3.63) is 54.2 Å². The van der Waals surface area contributed by atoms with Gasteiger partial charge in [-0.1, -0.05) is 37.3 Å². The molecule has 3 nitrogen and oxygen atoms in total. The lowest BCUT2D eigenvalue weighted by atomic mass is 10.0. The van der Waals surface area contributed by atoms with Gasteiger partial charge in [-0.3, -0.25) is 0 Å². The lowest BCUT2D eigenvalue weighted by Gasteiger charge is -2.13. The fourth-order valence-electron chi connectivity index (χ4n) is 1.78. The van der Waals surface area contributed by atoms with Gasteiger partial charge in [0.05, 0.1) is 19.0 Å². The van der Waals surface area contributed by atoms with Gasteiger partial charge in [-0.05, 0) is 17.5 Å². The van der Waals surface area contributed by atoms with Crippen LogP contribution in [0.25, 0.3) is 0 Å². The molecule has 0 aliphatic carbocycles. The number of hydrogen-bond acceptors (Lipinski definition) is 3. The summed E-state index contributed by atoms with van der Waals surface area (Å²) in [4.78, 5) is 4.16. The molecule has 0 radical (unpaired) electrons. The van der Waals surface area contributed by atoms with E-state index in [1.165, 1.54) is 5.56 Å². The maximum atomic E-state index is 5.03. The molecule has 18 heavy (non-hydrogen) atoms. The molecule has 0 bridgehead atoms. The third-order valence-electron chi connectivity index (χ3n) is 2.93. The number of benzene rings is 1. The number of methoxy groups -OCH3 is 1. The lowest BCUT2D eigenvalue weighted by molar-refractivity contribution is 0.398. The number of hydrogen-bond donors (Lipinski definition) is 1. The number of aromatic nitrogens is 1. The molecule has 1 heterocycles. The molecule has 0 saturated heterocycles. The van der Waals surface area contributed by atoms with Crippen LogP contribution in [0.1, 0.15) is 18.4 Å². The molecule has 1 N–H and O–H groups in total. The third-order valence-corrected chi connectivity index (χ3v) is 2.93. The quantitative estimate of drug-likeness (QED) is 0.873. The van der Waals surface area contributed by atoms with Crippen molar-refractivity contribution in [2.75, 3.05) is 19.0 Å². The van der Waals surface area contributed by atoms with Crippen LogP contribution in [0.2, 0.25) is 0 Å². The molecule has 1 unspecified atom stereocenters. The Balaban J connectivity index is 1.91. The van der Waals surface area contributed by atoms with Crippen molar-refractivity contribution in [3.8, 4) is 5.88 Å². The average Bonchev–Trinajstić information content (AvgIpc) is 2.46. The Morgan fingerprint density at radius 2 is 1.94 bits per heavy atom. The van der Waals surface area contributed by atoms with E-state index in [1.54, 1.807) is 13.3 Å². The summed E-state index contributed by atoms with van der Waals surface area (Å²) in [6.07, 6.45) is 1.79. The number of nitrogens with zero attached hydrogens (tertiary/aromatic N) is 1. The molecule has 3 heteroatoms. The van der Waals surface area contributed by atoms with Crippen molar-refractivity contribution in [1.29, 1.82) is 0 Å². The van der Waals surface area contributed by atoms with Crippen LogP contribution in [0, 0.1) is 0 Å². The molecule has 0 aliphatic heterocycles. The van der Waals surface area contributed by atoms with Gasteiger partial charge in [0.15, 0.2) is 0 Å². The lowest BCUT2D eigenvalue weighted by Crippen LogP contribution is -2.09. The first kappa shape index (κ1) is 12.4. The second-order valence-corrected chi connectivity index (χ2v) is 4.28. The predicted molar refractivity (Wildman–Crippen MR) is 74.1 cm³/mol. The summed E-state index contributed by atoms with van der Waals surface area (Å²) in [5.41, 5.74) is 2.35. The summed E-state index contributed by atoms with van der Waals surface area (Å²) in [5, 5.41) is 3.38. The van der Waals surface area contributed by atoms with E-state index in [2.05, 4.69) is 41.5 Å². The standard InChI is InChI=1S/C15H18N2O/c1-12(13-6-4-3-5-7-13)10-16-14-8-9-15(18-2)17-11-14/h3-9,11-12,16H,10H2,1-2H3. The molecule has 1 aromatic carbocycles. The highest BCUT2D eigenvalue weighted by Gasteiger charge is 2.04. The number of rotatable bonds is 5. The van der Waals surface area contributed by atoms with Crippen LogP contribution < -0.4 is 10.1 Å². The predicted octanol–water partition coefficient (Wildman–Crippen LogP) is 3.31. The van der Waals surface area contributed by atoms with Crippen LogP contribution in [-0.4, -0.2) is 18.6 Å². The van der Waals surface area contributed by atoms with Gasteiger partial charge in [-0.25, -0.2) is 4.98 Å². The highest BCUT2D eigenvalue weighted by molar-refractivity contribution is 5.42. The topological polar surface area (TPSA) is 34.1 Å². The van der Waals surface area contributed by atoms with Crippen LogP contribution in [0.15, 0.2) is 48.7 Å². The second kappa shape index (κ2) is 6.05. The molecular weight excluding hydrogens is 224 g/mol. The van der Waals surface area contributed by atoms with Crippen molar-refractivity contribution >= 4 is 5.69 Å². The fraction of sp³-hybridized carbons (Fsp3) is 0.267. The van der Waals surface area contributed by atoms with E-state index >= 15 is 0 Å². The van der Waals surface area contributed by atoms with E-state index in [0.29, 0.717) is 11.8 Å². The summed E-state index contributed by atoms with van der Waals surface area (Å²) in [5.74, 6) is 1.10. The van der Waals surface area contributed by atoms with Crippen LogP contribution >= 0.6 is 0 Å². The zero-order chi connectivity index (χ0) is 12.8. The van der Waals surface area contributed by atoms with Gasteiger partial charge < -0.3 is 10.1 Å². The van der Waals surface area contributed by atoms with Crippen LogP contribution in [0.4, 0.5) is 5.69 Å². The van der Waals surface area contributed by atoms with E-state index in [-0.39, 0.29) is 0 Å². The smallest absolute Gasteiger partial charge is 0.213 e. The van der Waals surface area contributed by atoms with Crippen molar-refractivity contribution in [2.24, 2.45) is 0 Å². The number of ether oxygens (including phenoxy) is 1. The Labute approximate surface area is 108 Å². The zero-order valence-corrected chi connectivity index (χ0v) is 10.8. The minimum atomic E-state index is 0.466. The first-order valence-electron chi connectivity index (χ1n) is 6.08. The molecule has 2 rings (SSSR count). The fourth-order valence-corrected chi connectivity index (χ4v) is 1.78. The van der Waals surface area contributed by atoms with Crippen molar-refractivity contribution < 1.29 is 4.74 Å². The van der Waals surface area contributed by atoms with Crippen LogP contribution in [0.3, 0.4) is 0 Å². The molecule has 2 aromatic rings. The van der Waals surface area contributed by atoms with Crippen LogP contribution in [0.5, 0.6) is 5.88 Å². The molecule has 0 fully saturated rings. The Hall–Kier alpha value is -2.03. The zero-order valence-electron chi connectivity index (χ0n) is 10.8. The third kappa shape index (κ3) is 3.23. The van der Waals surface area contributed by atoms with E-state index in [9.17, 15) is 0 Å². The molecule has 0 aliphatic rings. The van der Waals surface area contributed by atoms with Gasteiger partial charge in [0.2, 0.25) is 5.88 Å². The monoisotopic (exact) mass is 242 g/mol. The molecule has 1 aromatic heterocycles. The molecule has 0 saturated carbocycles. The Kier molecular flexibility index (Phi) is 4.18. The first-order valence-corrected chi connectivity index (χ1v) is 6.08. The SMILES string of the molecule is COc1ccc(NCC(C)c2ccccc2)cn1.